The van der Waals surface area contributed by atoms with Crippen LogP contribution in [0.25, 0.3) is 0 Å². The van der Waals surface area contributed by atoms with E-state index in [9.17, 15) is 26.3 Å². The Kier molecular flexibility index (Phi) is 1.82. The monoisotopic (exact) mass is 153 g/mol. The van der Waals surface area contributed by atoms with Crippen molar-refractivity contribution in [3.8, 4) is 0 Å². The molecule has 0 fully saturated rings. The Morgan fingerprint density at radius 3 is 1.44 bits per heavy atom. The van der Waals surface area contributed by atoms with Crippen LogP contribution in [0.15, 0.2) is 0 Å². The fraction of sp³-hybridized carbons (Fsp3) is 1.00. The van der Waals surface area contributed by atoms with Crippen LogP contribution >= 0.6 is 0 Å². The molecule has 56 valence electrons. The van der Waals surface area contributed by atoms with Gasteiger partial charge in [-0.25, -0.2) is 17.6 Å². The van der Waals surface area contributed by atoms with Gasteiger partial charge in [-0.1, -0.05) is 0 Å². The maximum atomic E-state index is 11.4. The fourth-order valence-corrected chi connectivity index (χ4v) is 0.0825. The molecule has 0 saturated carbocycles. The lowest BCUT2D eigenvalue weighted by Gasteiger charge is -2.12. The van der Waals surface area contributed by atoms with Crippen molar-refractivity contribution in [3.63, 3.8) is 0 Å². The van der Waals surface area contributed by atoms with Gasteiger partial charge in [0.1, 0.15) is 1.37 Å². The van der Waals surface area contributed by atoms with E-state index in [1.165, 1.54) is 0 Å². The van der Waals surface area contributed by atoms with Crippen molar-refractivity contribution in [2.45, 2.75) is 18.7 Å². The predicted octanol–water partition coefficient (Wildman–Crippen LogP) is 2.15. The standard InChI is InChI=1S/C3H2F6/c4-1(5)3(8,9)2(6)7/h1-2H/i1D. The Bertz CT molecular complexity index is 115. The summed E-state index contributed by atoms with van der Waals surface area (Å²) in [6.07, 6.45) is -9.93. The van der Waals surface area contributed by atoms with Gasteiger partial charge in [-0.05, 0) is 0 Å². The third-order valence-electron chi connectivity index (χ3n) is 0.526. The van der Waals surface area contributed by atoms with Crippen molar-refractivity contribution in [2.24, 2.45) is 0 Å². The van der Waals surface area contributed by atoms with E-state index in [2.05, 4.69) is 0 Å². The second kappa shape index (κ2) is 2.45. The van der Waals surface area contributed by atoms with Gasteiger partial charge in [-0.15, -0.1) is 0 Å². The highest BCUT2D eigenvalue weighted by Crippen LogP contribution is 2.29. The molecule has 0 aromatic heterocycles. The number of halogens is 6. The second-order valence-corrected chi connectivity index (χ2v) is 1.18. The normalized spacial score (nSPS) is 16.1. The summed E-state index contributed by atoms with van der Waals surface area (Å²) in [7, 11) is 0. The molecule has 0 aliphatic carbocycles. The third-order valence-corrected chi connectivity index (χ3v) is 0.526. The molecule has 0 aromatic rings. The topological polar surface area (TPSA) is 0 Å². The molecule has 0 radical (unpaired) electrons. The molecule has 0 aromatic carbocycles. The molecule has 6 heteroatoms. The molecule has 0 aliphatic heterocycles. The molecule has 0 aliphatic rings. The van der Waals surface area contributed by atoms with Crippen LogP contribution in [0.5, 0.6) is 0 Å². The van der Waals surface area contributed by atoms with Gasteiger partial charge in [0.05, 0.1) is 0 Å². The van der Waals surface area contributed by atoms with Crippen molar-refractivity contribution < 1.29 is 27.7 Å². The number of rotatable bonds is 2. The van der Waals surface area contributed by atoms with Crippen molar-refractivity contribution >= 4 is 0 Å². The van der Waals surface area contributed by atoms with Gasteiger partial charge < -0.3 is 0 Å². The summed E-state index contributed by atoms with van der Waals surface area (Å²) in [4.78, 5) is 0. The molecule has 0 atom stereocenters. The minimum absolute atomic E-state index is 4.51. The lowest BCUT2D eigenvalue weighted by atomic mass is 10.4. The van der Waals surface area contributed by atoms with Crippen LogP contribution in [-0.2, 0) is 0 Å². The summed E-state index contributed by atoms with van der Waals surface area (Å²) < 4.78 is 72.3. The highest BCUT2D eigenvalue weighted by Gasteiger charge is 2.50. The van der Waals surface area contributed by atoms with E-state index in [0.29, 0.717) is 0 Å². The molecule has 0 nitrogen and oxygen atoms in total. The highest BCUT2D eigenvalue weighted by molar-refractivity contribution is 4.70. The first-order chi connectivity index (χ1) is 4.19. The number of alkyl halides is 6. The predicted molar refractivity (Wildman–Crippen MR) is 17.0 cm³/mol. The molecule has 0 unspecified atom stereocenters. The van der Waals surface area contributed by atoms with Gasteiger partial charge in [-0.3, -0.25) is 0 Å². The first-order valence-corrected chi connectivity index (χ1v) is 1.73. The largest absolute Gasteiger partial charge is 0.366 e. The summed E-state index contributed by atoms with van der Waals surface area (Å²) in [6.45, 7) is 0. The molecular weight excluding hydrogens is 150 g/mol. The van der Waals surface area contributed by atoms with Gasteiger partial charge in [0, 0.05) is 0 Å². The number of hydrogen-bond acceptors (Lipinski definition) is 0. The zero-order chi connectivity index (χ0) is 8.58. The molecule has 9 heavy (non-hydrogen) atoms. The van der Waals surface area contributed by atoms with Crippen molar-refractivity contribution in [1.82, 2.24) is 0 Å². The Labute approximate surface area is 47.9 Å². The van der Waals surface area contributed by atoms with Gasteiger partial charge in [0.2, 0.25) is 0 Å². The molecule has 0 N–H and O–H groups in total. The maximum Gasteiger partial charge on any atom is 0.366 e. The second-order valence-electron chi connectivity index (χ2n) is 1.18. The fourth-order valence-electron chi connectivity index (χ4n) is 0.0825. The summed E-state index contributed by atoms with van der Waals surface area (Å²) >= 11 is 0. The Morgan fingerprint density at radius 2 is 1.44 bits per heavy atom. The molecule has 0 rings (SSSR count). The van der Waals surface area contributed by atoms with Crippen molar-refractivity contribution in [3.05, 3.63) is 0 Å². The van der Waals surface area contributed by atoms with Crippen molar-refractivity contribution in [1.29, 1.82) is 0 Å². The van der Waals surface area contributed by atoms with E-state index in [0.717, 1.165) is 0 Å². The zero-order valence-electron chi connectivity index (χ0n) is 4.85. The van der Waals surface area contributed by atoms with E-state index in [1.807, 2.05) is 0 Å². The summed E-state index contributed by atoms with van der Waals surface area (Å²) in [5, 5.41) is 0. The van der Waals surface area contributed by atoms with Gasteiger partial charge in [0.25, 0.3) is 0 Å². The van der Waals surface area contributed by atoms with Crippen LogP contribution in [-0.4, -0.2) is 18.7 Å². The van der Waals surface area contributed by atoms with Crippen LogP contribution in [0.3, 0.4) is 0 Å². The summed E-state index contributed by atoms with van der Waals surface area (Å²) in [5.74, 6) is -5.56. The van der Waals surface area contributed by atoms with Crippen LogP contribution in [0.1, 0.15) is 1.37 Å². The van der Waals surface area contributed by atoms with E-state index in [-0.39, 0.29) is 0 Å². The SMILES string of the molecule is [2H]C(F)(F)C(F)(F)C(F)F. The molecular formula is C3H2F6. The molecule has 0 saturated heterocycles. The minimum Gasteiger partial charge on any atom is -0.203 e. The molecule has 0 spiro atoms. The van der Waals surface area contributed by atoms with E-state index in [1.54, 1.807) is 0 Å². The Balaban J connectivity index is 4.40. The molecule has 0 amide bonds. The van der Waals surface area contributed by atoms with E-state index >= 15 is 0 Å². The lowest BCUT2D eigenvalue weighted by molar-refractivity contribution is -0.205. The van der Waals surface area contributed by atoms with Gasteiger partial charge in [-0.2, -0.15) is 8.78 Å². The van der Waals surface area contributed by atoms with Crippen LogP contribution in [0.4, 0.5) is 26.3 Å². The number of hydrogen-bond donors (Lipinski definition) is 0. The van der Waals surface area contributed by atoms with Crippen LogP contribution in [0, 0.1) is 0 Å². The lowest BCUT2D eigenvalue weighted by Crippen LogP contribution is -2.34. The third kappa shape index (κ3) is 1.76. The van der Waals surface area contributed by atoms with Crippen LogP contribution < -0.4 is 0 Å². The van der Waals surface area contributed by atoms with Crippen molar-refractivity contribution in [2.75, 3.05) is 0 Å². The quantitative estimate of drug-likeness (QED) is 0.533. The average molecular weight is 153 g/mol. The maximum absolute atomic E-state index is 11.4. The van der Waals surface area contributed by atoms with Gasteiger partial charge in [0.15, 0.2) is 0 Å². The average Bonchev–Trinajstić information content (AvgIpc) is 1.62. The van der Waals surface area contributed by atoms with E-state index < -0.39 is 18.7 Å². The summed E-state index contributed by atoms with van der Waals surface area (Å²) in [5.41, 5.74) is 0. The first kappa shape index (κ1) is 6.70. The molecule has 0 bridgehead atoms. The minimum atomic E-state index is -5.56. The smallest absolute Gasteiger partial charge is 0.203 e. The van der Waals surface area contributed by atoms with Gasteiger partial charge >= 0.3 is 18.7 Å². The van der Waals surface area contributed by atoms with Crippen LogP contribution in [0.2, 0.25) is 0 Å². The molecule has 0 heterocycles. The Morgan fingerprint density at radius 1 is 1.11 bits per heavy atom. The summed E-state index contributed by atoms with van der Waals surface area (Å²) in [6, 6.07) is 0. The zero-order valence-corrected chi connectivity index (χ0v) is 3.85. The highest BCUT2D eigenvalue weighted by atomic mass is 19.3. The Hall–Kier alpha value is -0.420. The first-order valence-electron chi connectivity index (χ1n) is 2.23. The van der Waals surface area contributed by atoms with E-state index in [4.69, 9.17) is 1.37 Å².